The molecule has 20 heavy (non-hydrogen) atoms. The van der Waals surface area contributed by atoms with Crippen LogP contribution in [0.3, 0.4) is 0 Å². The zero-order valence-corrected chi connectivity index (χ0v) is 10.9. The summed E-state index contributed by atoms with van der Waals surface area (Å²) in [4.78, 5) is 0. The molecule has 2 aromatic carbocycles. The molecule has 100 valence electrons. The molecular formula is C15H13FN4. The molecule has 1 aromatic heterocycles. The maximum atomic E-state index is 13.3. The van der Waals surface area contributed by atoms with Crippen LogP contribution in [0.5, 0.6) is 0 Å². The largest absolute Gasteiger partial charge is 0.382 e. The molecule has 0 saturated heterocycles. The van der Waals surface area contributed by atoms with E-state index in [-0.39, 0.29) is 5.82 Å². The fraction of sp³-hybridized carbons (Fsp3) is 0.0667. The second-order valence-corrected chi connectivity index (χ2v) is 4.58. The summed E-state index contributed by atoms with van der Waals surface area (Å²) in [5.41, 5.74) is 9.25. The van der Waals surface area contributed by atoms with Crippen LogP contribution in [0.1, 0.15) is 5.56 Å². The van der Waals surface area contributed by atoms with Crippen molar-refractivity contribution in [2.24, 2.45) is 0 Å². The van der Waals surface area contributed by atoms with E-state index in [0.717, 1.165) is 11.1 Å². The lowest BCUT2D eigenvalue weighted by Gasteiger charge is -2.03. The number of nitrogens with zero attached hydrogens (tertiary/aromatic N) is 3. The Labute approximate surface area is 115 Å². The fourth-order valence-corrected chi connectivity index (χ4v) is 2.00. The number of anilines is 1. The number of nitrogen functional groups attached to an aromatic ring is 1. The summed E-state index contributed by atoms with van der Waals surface area (Å²) in [5, 5.41) is 8.09. The van der Waals surface area contributed by atoms with Crippen molar-refractivity contribution in [2.75, 3.05) is 5.73 Å². The van der Waals surface area contributed by atoms with Gasteiger partial charge in [-0.2, -0.15) is 4.68 Å². The molecule has 4 nitrogen and oxygen atoms in total. The molecule has 0 bridgehead atoms. The summed E-state index contributed by atoms with van der Waals surface area (Å²) in [6, 6.07) is 13.9. The summed E-state index contributed by atoms with van der Waals surface area (Å²) < 4.78 is 14.7. The molecule has 0 spiro atoms. The summed E-state index contributed by atoms with van der Waals surface area (Å²) in [7, 11) is 0. The predicted octanol–water partition coefficient (Wildman–Crippen LogP) is 2.96. The maximum absolute atomic E-state index is 13.3. The van der Waals surface area contributed by atoms with Gasteiger partial charge < -0.3 is 5.73 Å². The van der Waals surface area contributed by atoms with E-state index in [4.69, 9.17) is 5.73 Å². The van der Waals surface area contributed by atoms with Crippen LogP contribution in [0.4, 0.5) is 10.2 Å². The molecule has 1 heterocycles. The summed E-state index contributed by atoms with van der Waals surface area (Å²) in [6.45, 7) is 2.01. The standard InChI is InChI=1S/C15H13FN4/c1-10-5-7-11(8-6-10)14-15(17)20(19-18-14)13-4-2-3-12(16)9-13/h2-9H,17H2,1H3. The zero-order chi connectivity index (χ0) is 14.1. The van der Waals surface area contributed by atoms with Gasteiger partial charge in [0.05, 0.1) is 5.69 Å². The lowest BCUT2D eigenvalue weighted by Crippen LogP contribution is -2.02. The summed E-state index contributed by atoms with van der Waals surface area (Å²) in [5.74, 6) is 0.0498. The van der Waals surface area contributed by atoms with Crippen molar-refractivity contribution in [1.29, 1.82) is 0 Å². The Kier molecular flexibility index (Phi) is 2.95. The van der Waals surface area contributed by atoms with Crippen LogP contribution in [-0.4, -0.2) is 15.0 Å². The van der Waals surface area contributed by atoms with Crippen LogP contribution >= 0.6 is 0 Å². The van der Waals surface area contributed by atoms with E-state index < -0.39 is 0 Å². The average molecular weight is 268 g/mol. The van der Waals surface area contributed by atoms with Crippen molar-refractivity contribution in [3.8, 4) is 16.9 Å². The highest BCUT2D eigenvalue weighted by molar-refractivity contribution is 5.71. The predicted molar refractivity (Wildman–Crippen MR) is 75.9 cm³/mol. The van der Waals surface area contributed by atoms with Crippen molar-refractivity contribution in [1.82, 2.24) is 15.0 Å². The highest BCUT2D eigenvalue weighted by Gasteiger charge is 2.13. The third kappa shape index (κ3) is 2.14. The highest BCUT2D eigenvalue weighted by Crippen LogP contribution is 2.25. The zero-order valence-electron chi connectivity index (χ0n) is 10.9. The number of halogens is 1. The Morgan fingerprint density at radius 2 is 1.85 bits per heavy atom. The number of nitrogens with two attached hydrogens (primary N) is 1. The maximum Gasteiger partial charge on any atom is 0.155 e. The first-order valence-electron chi connectivity index (χ1n) is 6.19. The molecule has 0 aliphatic carbocycles. The van der Waals surface area contributed by atoms with E-state index in [2.05, 4.69) is 10.3 Å². The van der Waals surface area contributed by atoms with Gasteiger partial charge in [0.2, 0.25) is 0 Å². The van der Waals surface area contributed by atoms with E-state index >= 15 is 0 Å². The molecule has 0 unspecified atom stereocenters. The smallest absolute Gasteiger partial charge is 0.155 e. The van der Waals surface area contributed by atoms with Crippen molar-refractivity contribution in [3.05, 3.63) is 59.9 Å². The first-order chi connectivity index (χ1) is 9.65. The summed E-state index contributed by atoms with van der Waals surface area (Å²) >= 11 is 0. The molecule has 2 N–H and O–H groups in total. The van der Waals surface area contributed by atoms with Crippen molar-refractivity contribution >= 4 is 5.82 Å². The van der Waals surface area contributed by atoms with Crippen molar-refractivity contribution < 1.29 is 4.39 Å². The quantitative estimate of drug-likeness (QED) is 0.777. The van der Waals surface area contributed by atoms with Gasteiger partial charge in [-0.05, 0) is 25.1 Å². The van der Waals surface area contributed by atoms with Gasteiger partial charge in [-0.25, -0.2) is 4.39 Å². The van der Waals surface area contributed by atoms with Gasteiger partial charge in [-0.15, -0.1) is 5.10 Å². The van der Waals surface area contributed by atoms with Crippen molar-refractivity contribution in [2.45, 2.75) is 6.92 Å². The first kappa shape index (κ1) is 12.3. The molecule has 0 amide bonds. The number of benzene rings is 2. The van der Waals surface area contributed by atoms with Crippen LogP contribution < -0.4 is 5.73 Å². The van der Waals surface area contributed by atoms with Crippen molar-refractivity contribution in [3.63, 3.8) is 0 Å². The Hall–Kier alpha value is -2.69. The lowest BCUT2D eigenvalue weighted by atomic mass is 10.1. The van der Waals surface area contributed by atoms with Crippen LogP contribution in [0.15, 0.2) is 48.5 Å². The molecule has 0 aliphatic rings. The van der Waals surface area contributed by atoms with Gasteiger partial charge >= 0.3 is 0 Å². The van der Waals surface area contributed by atoms with E-state index in [1.54, 1.807) is 12.1 Å². The van der Waals surface area contributed by atoms with Gasteiger partial charge in [0.15, 0.2) is 5.82 Å². The molecule has 3 aromatic rings. The van der Waals surface area contributed by atoms with Gasteiger partial charge in [0.1, 0.15) is 11.5 Å². The van der Waals surface area contributed by atoms with Crippen LogP contribution in [-0.2, 0) is 0 Å². The molecule has 0 fully saturated rings. The SMILES string of the molecule is Cc1ccc(-c2nnn(-c3cccc(F)c3)c2N)cc1. The molecule has 0 radical (unpaired) electrons. The number of aryl methyl sites for hydroxylation is 1. The van der Waals surface area contributed by atoms with Gasteiger partial charge in [0, 0.05) is 5.56 Å². The monoisotopic (exact) mass is 268 g/mol. The Balaban J connectivity index is 2.07. The number of hydrogen-bond donors (Lipinski definition) is 1. The fourth-order valence-electron chi connectivity index (χ4n) is 2.00. The molecule has 5 heteroatoms. The third-order valence-corrected chi connectivity index (χ3v) is 3.08. The Morgan fingerprint density at radius 1 is 1.10 bits per heavy atom. The van der Waals surface area contributed by atoms with Crippen LogP contribution in [0.2, 0.25) is 0 Å². The average Bonchev–Trinajstić information content (AvgIpc) is 2.82. The molecule has 0 atom stereocenters. The Morgan fingerprint density at radius 3 is 2.55 bits per heavy atom. The van der Waals surface area contributed by atoms with E-state index in [9.17, 15) is 4.39 Å². The molecule has 3 rings (SSSR count). The van der Waals surface area contributed by atoms with Gasteiger partial charge in [-0.1, -0.05) is 41.1 Å². The topological polar surface area (TPSA) is 56.7 Å². The second-order valence-electron chi connectivity index (χ2n) is 4.58. The number of rotatable bonds is 2. The van der Waals surface area contributed by atoms with Crippen LogP contribution in [0.25, 0.3) is 16.9 Å². The minimum absolute atomic E-state index is 0.339. The highest BCUT2D eigenvalue weighted by atomic mass is 19.1. The van der Waals surface area contributed by atoms with Gasteiger partial charge in [-0.3, -0.25) is 0 Å². The second kappa shape index (κ2) is 4.77. The minimum atomic E-state index is -0.339. The number of aromatic nitrogens is 3. The molecular weight excluding hydrogens is 255 g/mol. The van der Waals surface area contributed by atoms with E-state index in [1.807, 2.05) is 31.2 Å². The molecule has 0 aliphatic heterocycles. The third-order valence-electron chi connectivity index (χ3n) is 3.08. The van der Waals surface area contributed by atoms with E-state index in [1.165, 1.54) is 16.8 Å². The summed E-state index contributed by atoms with van der Waals surface area (Å²) in [6.07, 6.45) is 0. The normalized spacial score (nSPS) is 10.7. The van der Waals surface area contributed by atoms with Crippen LogP contribution in [0, 0.1) is 12.7 Å². The van der Waals surface area contributed by atoms with E-state index in [0.29, 0.717) is 17.2 Å². The Bertz CT molecular complexity index is 747. The first-order valence-corrected chi connectivity index (χ1v) is 6.19. The number of hydrogen-bond acceptors (Lipinski definition) is 3. The minimum Gasteiger partial charge on any atom is -0.382 e. The lowest BCUT2D eigenvalue weighted by molar-refractivity contribution is 0.625. The molecule has 0 saturated carbocycles. The van der Waals surface area contributed by atoms with Gasteiger partial charge in [0.25, 0.3) is 0 Å².